The van der Waals surface area contributed by atoms with E-state index >= 15 is 0 Å². The second kappa shape index (κ2) is 8.22. The summed E-state index contributed by atoms with van der Waals surface area (Å²) in [5.41, 5.74) is 1.92. The van der Waals surface area contributed by atoms with Gasteiger partial charge in [0, 0.05) is 30.8 Å². The Labute approximate surface area is 184 Å². The molecule has 1 unspecified atom stereocenters. The summed E-state index contributed by atoms with van der Waals surface area (Å²) >= 11 is 0. The highest BCUT2D eigenvalue weighted by atomic mass is 16.5. The lowest BCUT2D eigenvalue weighted by atomic mass is 10.1. The van der Waals surface area contributed by atoms with E-state index in [2.05, 4.69) is 27.0 Å². The molecule has 10 nitrogen and oxygen atoms in total. The summed E-state index contributed by atoms with van der Waals surface area (Å²) in [6.07, 6.45) is 0.0761. The molecule has 1 aromatic carbocycles. The number of benzene rings is 1. The first kappa shape index (κ1) is 21.2. The van der Waals surface area contributed by atoms with Crippen molar-refractivity contribution in [3.05, 3.63) is 48.2 Å². The monoisotopic (exact) mass is 434 g/mol. The van der Waals surface area contributed by atoms with E-state index in [9.17, 15) is 14.4 Å². The van der Waals surface area contributed by atoms with Gasteiger partial charge in [0.1, 0.15) is 11.6 Å². The number of carbonyl (C=O) groups excluding carboxylic acids is 3. The minimum atomic E-state index is -0.558. The van der Waals surface area contributed by atoms with Gasteiger partial charge < -0.3 is 15.0 Å². The van der Waals surface area contributed by atoms with Crippen molar-refractivity contribution in [1.29, 1.82) is 0 Å². The van der Waals surface area contributed by atoms with E-state index in [0.29, 0.717) is 28.7 Å². The Balaban J connectivity index is 1.53. The molecular formula is C22H22N6O4. The quantitative estimate of drug-likeness (QED) is 0.738. The van der Waals surface area contributed by atoms with Gasteiger partial charge in [-0.15, -0.1) is 0 Å². The second-order valence-corrected chi connectivity index (χ2v) is 7.57. The minimum absolute atomic E-state index is 0.0452. The number of aliphatic imine (C=N–C) groups is 2. The Bertz CT molecular complexity index is 1210. The Morgan fingerprint density at radius 3 is 2.72 bits per heavy atom. The van der Waals surface area contributed by atoms with E-state index < -0.39 is 11.8 Å². The van der Waals surface area contributed by atoms with Crippen molar-refractivity contribution in [3.63, 3.8) is 0 Å². The SMILES string of the molecule is C=C1C(=O)N=C(n2nc(C)cc2NC(=O)C2CC(=O)N(c3cccc(OC)c3)C2)N=C1C. The van der Waals surface area contributed by atoms with Crippen molar-refractivity contribution in [2.24, 2.45) is 15.9 Å². The number of aryl methyl sites for hydroxylation is 1. The van der Waals surface area contributed by atoms with Gasteiger partial charge in [-0.25, -0.2) is 4.99 Å². The van der Waals surface area contributed by atoms with Crippen molar-refractivity contribution in [2.75, 3.05) is 23.9 Å². The fraction of sp³-hybridized carbons (Fsp3) is 0.273. The maximum Gasteiger partial charge on any atom is 0.281 e. The van der Waals surface area contributed by atoms with Crippen molar-refractivity contribution in [1.82, 2.24) is 9.78 Å². The van der Waals surface area contributed by atoms with E-state index in [4.69, 9.17) is 4.74 Å². The molecule has 2 aliphatic heterocycles. The van der Waals surface area contributed by atoms with Crippen LogP contribution < -0.4 is 15.0 Å². The van der Waals surface area contributed by atoms with Crippen molar-refractivity contribution in [2.45, 2.75) is 20.3 Å². The maximum atomic E-state index is 13.0. The van der Waals surface area contributed by atoms with Crippen molar-refractivity contribution in [3.8, 4) is 5.75 Å². The predicted molar refractivity (Wildman–Crippen MR) is 119 cm³/mol. The number of hydrogen-bond acceptors (Lipinski definition) is 6. The number of amides is 3. The lowest BCUT2D eigenvalue weighted by Crippen LogP contribution is -2.30. The third-order valence-corrected chi connectivity index (χ3v) is 5.30. The molecule has 32 heavy (non-hydrogen) atoms. The first-order chi connectivity index (χ1) is 15.3. The molecule has 3 amide bonds. The van der Waals surface area contributed by atoms with Gasteiger partial charge in [0.15, 0.2) is 0 Å². The smallest absolute Gasteiger partial charge is 0.281 e. The molecule has 2 aromatic rings. The van der Waals surface area contributed by atoms with Crippen LogP contribution in [0.5, 0.6) is 5.75 Å². The topological polar surface area (TPSA) is 118 Å². The first-order valence-electron chi connectivity index (χ1n) is 9.96. The van der Waals surface area contributed by atoms with E-state index in [1.54, 1.807) is 56.2 Å². The molecule has 1 saturated heterocycles. The average Bonchev–Trinajstić information content (AvgIpc) is 3.34. The summed E-state index contributed by atoms with van der Waals surface area (Å²) in [4.78, 5) is 47.3. The molecule has 2 aliphatic rings. The summed E-state index contributed by atoms with van der Waals surface area (Å²) < 4.78 is 6.52. The molecule has 164 valence electrons. The normalized spacial score (nSPS) is 18.5. The molecule has 10 heteroatoms. The maximum absolute atomic E-state index is 13.0. The van der Waals surface area contributed by atoms with Crippen LogP contribution in [0.25, 0.3) is 0 Å². The number of carbonyl (C=O) groups is 3. The van der Waals surface area contributed by atoms with Crippen molar-refractivity contribution >= 4 is 40.9 Å². The molecule has 0 radical (unpaired) electrons. The van der Waals surface area contributed by atoms with Gasteiger partial charge >= 0.3 is 0 Å². The molecule has 3 heterocycles. The van der Waals surface area contributed by atoms with E-state index in [1.807, 2.05) is 0 Å². The summed E-state index contributed by atoms with van der Waals surface area (Å²) in [7, 11) is 1.55. The van der Waals surface area contributed by atoms with Crippen molar-refractivity contribution < 1.29 is 19.1 Å². The highest BCUT2D eigenvalue weighted by Gasteiger charge is 2.36. The van der Waals surface area contributed by atoms with Crippen LogP contribution in [0.15, 0.2) is 52.5 Å². The standard InChI is InChI=1S/C22H22N6O4/c1-12-8-18(28(26-12)22-23-14(3)13(2)20(30)25-22)24-21(31)15-9-19(29)27(11-15)16-6-5-7-17(10-16)32-4/h5-8,10,15H,2,9,11H2,1,3-4H3,(H,24,31). The second-order valence-electron chi connectivity index (χ2n) is 7.57. The van der Waals surface area contributed by atoms with Crippen LogP contribution in [-0.4, -0.2) is 52.8 Å². The molecule has 4 rings (SSSR count). The van der Waals surface area contributed by atoms with Gasteiger partial charge in [-0.05, 0) is 26.0 Å². The molecular weight excluding hydrogens is 412 g/mol. The minimum Gasteiger partial charge on any atom is -0.497 e. The van der Waals surface area contributed by atoms with Gasteiger partial charge in [-0.1, -0.05) is 12.6 Å². The van der Waals surface area contributed by atoms with Crippen LogP contribution in [0, 0.1) is 12.8 Å². The van der Waals surface area contributed by atoms with Crippen LogP contribution in [0.1, 0.15) is 19.0 Å². The largest absolute Gasteiger partial charge is 0.497 e. The van der Waals surface area contributed by atoms with Crippen LogP contribution >= 0.6 is 0 Å². The number of ether oxygens (including phenoxy) is 1. The summed E-state index contributed by atoms with van der Waals surface area (Å²) in [5, 5.41) is 7.10. The van der Waals surface area contributed by atoms with Gasteiger partial charge in [-0.2, -0.15) is 14.8 Å². The fourth-order valence-electron chi connectivity index (χ4n) is 3.53. The molecule has 1 N–H and O–H groups in total. The van der Waals surface area contributed by atoms with Crippen LogP contribution in [0.2, 0.25) is 0 Å². The lowest BCUT2D eigenvalue weighted by molar-refractivity contribution is -0.122. The predicted octanol–water partition coefficient (Wildman–Crippen LogP) is 1.95. The highest BCUT2D eigenvalue weighted by molar-refractivity contribution is 6.27. The average molecular weight is 434 g/mol. The number of aromatic nitrogens is 2. The van der Waals surface area contributed by atoms with Gasteiger partial charge in [0.2, 0.25) is 11.8 Å². The molecule has 0 saturated carbocycles. The molecule has 0 bridgehead atoms. The fourth-order valence-corrected chi connectivity index (χ4v) is 3.53. The van der Waals surface area contributed by atoms with Gasteiger partial charge in [0.25, 0.3) is 11.9 Å². The van der Waals surface area contributed by atoms with Gasteiger partial charge in [0.05, 0.1) is 30.0 Å². The number of rotatable bonds is 4. The van der Waals surface area contributed by atoms with E-state index in [0.717, 1.165) is 0 Å². The zero-order valence-electron chi connectivity index (χ0n) is 18.0. The Morgan fingerprint density at radius 2 is 2.00 bits per heavy atom. The summed E-state index contributed by atoms with van der Waals surface area (Å²) in [6, 6.07) is 8.78. The van der Waals surface area contributed by atoms with Crippen LogP contribution in [0.3, 0.4) is 0 Å². The third kappa shape index (κ3) is 3.94. The highest BCUT2D eigenvalue weighted by Crippen LogP contribution is 2.28. The number of anilines is 2. The van der Waals surface area contributed by atoms with Crippen LogP contribution in [0.4, 0.5) is 11.5 Å². The van der Waals surface area contributed by atoms with E-state index in [-0.39, 0.29) is 36.3 Å². The molecule has 1 atom stereocenters. The zero-order valence-corrected chi connectivity index (χ0v) is 18.0. The molecule has 0 spiro atoms. The summed E-state index contributed by atoms with van der Waals surface area (Å²) in [6.45, 7) is 7.29. The Hall–Kier alpha value is -4.08. The van der Waals surface area contributed by atoms with Crippen LogP contribution in [-0.2, 0) is 14.4 Å². The molecule has 0 aliphatic carbocycles. The lowest BCUT2D eigenvalue weighted by Gasteiger charge is -2.17. The van der Waals surface area contributed by atoms with E-state index in [1.165, 1.54) is 4.68 Å². The molecule has 1 aromatic heterocycles. The number of nitrogens with one attached hydrogen (secondary N) is 1. The number of nitrogens with zero attached hydrogens (tertiary/aromatic N) is 5. The third-order valence-electron chi connectivity index (χ3n) is 5.30. The Kier molecular flexibility index (Phi) is 5.43. The van der Waals surface area contributed by atoms with Gasteiger partial charge in [-0.3, -0.25) is 14.4 Å². The number of hydrogen-bond donors (Lipinski definition) is 1. The Morgan fingerprint density at radius 1 is 1.22 bits per heavy atom. The molecule has 1 fully saturated rings. The zero-order chi connectivity index (χ0) is 23.0. The first-order valence-corrected chi connectivity index (χ1v) is 9.96. The summed E-state index contributed by atoms with van der Waals surface area (Å²) in [5.74, 6) is -0.560. The number of methoxy groups -OCH3 is 1.